The molecule has 6 rings (SSSR count). The van der Waals surface area contributed by atoms with Gasteiger partial charge in [0.25, 0.3) is 0 Å². The fourth-order valence-corrected chi connectivity index (χ4v) is 5.69. The van der Waals surface area contributed by atoms with Gasteiger partial charge in [0.15, 0.2) is 0 Å². The minimum Gasteiger partial charge on any atom is -0.494 e. The number of rotatable bonds is 2. The molecule has 10 nitrogen and oxygen atoms in total. The number of fused-ring (bicyclic) bond motifs is 8. The first-order chi connectivity index (χ1) is 18.5. The molecule has 4 bridgehead atoms. The summed E-state index contributed by atoms with van der Waals surface area (Å²) < 4.78 is 7.65. The molecule has 3 amide bonds. The molecule has 5 heterocycles. The van der Waals surface area contributed by atoms with Crippen LogP contribution in [0.3, 0.4) is 0 Å². The molecule has 1 spiro atoms. The first kappa shape index (κ1) is 26.2. The second-order valence-electron chi connectivity index (χ2n) is 10.8. The molecule has 10 heteroatoms. The Kier molecular flexibility index (Phi) is 8.24. The molecule has 1 N–H and O–H groups in total. The summed E-state index contributed by atoms with van der Waals surface area (Å²) >= 11 is 0. The van der Waals surface area contributed by atoms with Crippen molar-refractivity contribution >= 4 is 17.7 Å². The Bertz CT molecular complexity index is 1120. The molecule has 0 aliphatic carbocycles. The van der Waals surface area contributed by atoms with Crippen LogP contribution in [0.5, 0.6) is 5.75 Å². The maximum atomic E-state index is 13.6. The third-order valence-corrected chi connectivity index (χ3v) is 8.08. The minimum absolute atomic E-state index is 0.00566. The van der Waals surface area contributed by atoms with Gasteiger partial charge in [0.05, 0.1) is 24.3 Å². The lowest BCUT2D eigenvalue weighted by Crippen LogP contribution is -2.53. The molecule has 4 aliphatic heterocycles. The van der Waals surface area contributed by atoms with Gasteiger partial charge in [0.2, 0.25) is 17.7 Å². The molecule has 0 atom stereocenters. The summed E-state index contributed by atoms with van der Waals surface area (Å²) in [5, 5.41) is 11.8. The van der Waals surface area contributed by atoms with E-state index in [2.05, 4.69) is 15.6 Å². The van der Waals surface area contributed by atoms with E-state index in [0.29, 0.717) is 65.0 Å². The van der Waals surface area contributed by atoms with Gasteiger partial charge in [-0.2, -0.15) is 0 Å². The SMILES string of the molecule is O=C(CN1CCCCCC1=O)N1CCC2(CC1)Cc1cn(nn1)CCCOc1ccc(cc1)CCNC2=O. The lowest BCUT2D eigenvalue weighted by molar-refractivity contribution is -0.144. The highest BCUT2D eigenvalue weighted by Gasteiger charge is 2.43. The van der Waals surface area contributed by atoms with Crippen LogP contribution < -0.4 is 10.1 Å². The number of ether oxygens (including phenoxy) is 1. The van der Waals surface area contributed by atoms with E-state index in [0.717, 1.165) is 49.1 Å². The smallest absolute Gasteiger partial charge is 0.242 e. The first-order valence-electron chi connectivity index (χ1n) is 14.0. The number of benzene rings is 1. The predicted octanol–water partition coefficient (Wildman–Crippen LogP) is 1.97. The van der Waals surface area contributed by atoms with Crippen LogP contribution in [-0.2, 0) is 33.8 Å². The number of nitrogens with one attached hydrogen (secondary N) is 1. The van der Waals surface area contributed by atoms with Crippen LogP contribution in [0, 0.1) is 5.41 Å². The van der Waals surface area contributed by atoms with Crippen LogP contribution in [0.4, 0.5) is 0 Å². The van der Waals surface area contributed by atoms with E-state index in [-0.39, 0.29) is 24.3 Å². The van der Waals surface area contributed by atoms with E-state index in [9.17, 15) is 14.4 Å². The number of carbonyl (C=O) groups excluding carboxylic acids is 3. The molecule has 0 saturated carbocycles. The molecule has 0 unspecified atom stereocenters. The van der Waals surface area contributed by atoms with Gasteiger partial charge in [-0.25, -0.2) is 0 Å². The number of aryl methyl sites for hydroxylation is 1. The van der Waals surface area contributed by atoms with Crippen molar-refractivity contribution in [1.82, 2.24) is 30.1 Å². The van der Waals surface area contributed by atoms with E-state index in [1.165, 1.54) is 0 Å². The lowest BCUT2D eigenvalue weighted by atomic mass is 9.74. The van der Waals surface area contributed by atoms with Crippen molar-refractivity contribution < 1.29 is 19.1 Å². The molecule has 204 valence electrons. The van der Waals surface area contributed by atoms with Gasteiger partial charge in [0.1, 0.15) is 5.75 Å². The largest absolute Gasteiger partial charge is 0.494 e. The van der Waals surface area contributed by atoms with E-state index >= 15 is 0 Å². The molecular weight excluding hydrogens is 484 g/mol. The molecule has 4 aliphatic rings. The highest BCUT2D eigenvalue weighted by molar-refractivity contribution is 5.86. The highest BCUT2D eigenvalue weighted by Crippen LogP contribution is 2.35. The molecule has 0 radical (unpaired) electrons. The lowest BCUT2D eigenvalue weighted by Gasteiger charge is -2.41. The minimum atomic E-state index is -0.656. The third kappa shape index (κ3) is 6.34. The number of piperidine rings is 1. The Morgan fingerprint density at radius 1 is 0.974 bits per heavy atom. The zero-order chi connectivity index (χ0) is 26.4. The molecule has 2 saturated heterocycles. The number of carbonyl (C=O) groups is 3. The van der Waals surface area contributed by atoms with Gasteiger partial charge in [-0.1, -0.05) is 23.8 Å². The van der Waals surface area contributed by atoms with E-state index in [4.69, 9.17) is 4.74 Å². The van der Waals surface area contributed by atoms with E-state index in [1.54, 1.807) is 4.90 Å². The normalized spacial score (nSPS) is 20.9. The van der Waals surface area contributed by atoms with Crippen LogP contribution >= 0.6 is 0 Å². The van der Waals surface area contributed by atoms with Crippen molar-refractivity contribution in [3.8, 4) is 5.75 Å². The van der Waals surface area contributed by atoms with Gasteiger partial charge >= 0.3 is 0 Å². The van der Waals surface area contributed by atoms with Crippen molar-refractivity contribution in [1.29, 1.82) is 0 Å². The standard InChI is InChI=1S/C28H38N6O4/c35-25-5-2-1-3-14-33(25)21-26(36)32-16-11-28(12-17-32)19-23-20-34(31-30-23)15-4-18-38-24-8-6-22(7-9-24)10-13-29-27(28)37/h6-9,20H,1-5,10-19,21H2,(H,29,37). The quantitative estimate of drug-likeness (QED) is 0.646. The van der Waals surface area contributed by atoms with Crippen LogP contribution in [0.15, 0.2) is 30.5 Å². The van der Waals surface area contributed by atoms with E-state index < -0.39 is 5.41 Å². The van der Waals surface area contributed by atoms with Gasteiger partial charge in [-0.3, -0.25) is 19.1 Å². The van der Waals surface area contributed by atoms with Crippen LogP contribution in [0.1, 0.15) is 56.2 Å². The van der Waals surface area contributed by atoms with Crippen molar-refractivity contribution in [3.63, 3.8) is 0 Å². The predicted molar refractivity (Wildman–Crippen MR) is 140 cm³/mol. The Hall–Kier alpha value is -3.43. The molecule has 1 aromatic heterocycles. The maximum absolute atomic E-state index is 13.6. The number of aromatic nitrogens is 3. The molecule has 2 aromatic rings. The number of amides is 3. The second kappa shape index (κ2) is 12.0. The Balaban J connectivity index is 1.27. The topological polar surface area (TPSA) is 110 Å². The van der Waals surface area contributed by atoms with Crippen molar-refractivity contribution in [2.75, 3.05) is 39.3 Å². The van der Waals surface area contributed by atoms with Gasteiger partial charge in [-0.05, 0) is 49.8 Å². The second-order valence-corrected chi connectivity index (χ2v) is 10.8. The molecule has 38 heavy (non-hydrogen) atoms. The Morgan fingerprint density at radius 2 is 1.79 bits per heavy atom. The van der Waals surface area contributed by atoms with Crippen LogP contribution in [0.25, 0.3) is 0 Å². The molecule has 1 aromatic carbocycles. The summed E-state index contributed by atoms with van der Waals surface area (Å²) in [5.41, 5.74) is 1.27. The number of hydrogen-bond acceptors (Lipinski definition) is 6. The molecule has 2 fully saturated rings. The third-order valence-electron chi connectivity index (χ3n) is 8.08. The summed E-state index contributed by atoms with van der Waals surface area (Å²) in [6, 6.07) is 8.02. The number of hydrogen-bond donors (Lipinski definition) is 1. The summed E-state index contributed by atoms with van der Waals surface area (Å²) in [6.45, 7) is 3.56. The van der Waals surface area contributed by atoms with Crippen LogP contribution in [-0.4, -0.2) is 81.8 Å². The monoisotopic (exact) mass is 522 g/mol. The summed E-state index contributed by atoms with van der Waals surface area (Å²) in [5.74, 6) is 0.880. The molecular formula is C28H38N6O4. The summed E-state index contributed by atoms with van der Waals surface area (Å²) in [6.07, 6.45) is 8.42. The number of likely N-dealkylation sites (tertiary alicyclic amines) is 2. The highest BCUT2D eigenvalue weighted by atomic mass is 16.5. The van der Waals surface area contributed by atoms with E-state index in [1.807, 2.05) is 40.0 Å². The van der Waals surface area contributed by atoms with Gasteiger partial charge < -0.3 is 19.9 Å². The maximum Gasteiger partial charge on any atom is 0.242 e. The fourth-order valence-electron chi connectivity index (χ4n) is 5.69. The fraction of sp³-hybridized carbons (Fsp3) is 0.607. The average Bonchev–Trinajstić information content (AvgIpc) is 3.27. The average molecular weight is 523 g/mol. The number of nitrogens with zero attached hydrogens (tertiary/aromatic N) is 5. The van der Waals surface area contributed by atoms with Crippen molar-refractivity contribution in [2.45, 2.75) is 64.3 Å². The Labute approximate surface area is 223 Å². The first-order valence-corrected chi connectivity index (χ1v) is 14.0. The van der Waals surface area contributed by atoms with Crippen LogP contribution in [0.2, 0.25) is 0 Å². The summed E-state index contributed by atoms with van der Waals surface area (Å²) in [7, 11) is 0. The van der Waals surface area contributed by atoms with Crippen molar-refractivity contribution in [3.05, 3.63) is 41.7 Å². The zero-order valence-electron chi connectivity index (χ0n) is 22.1. The van der Waals surface area contributed by atoms with Gasteiger partial charge in [-0.15, -0.1) is 5.10 Å². The van der Waals surface area contributed by atoms with Crippen molar-refractivity contribution in [2.24, 2.45) is 5.41 Å². The summed E-state index contributed by atoms with van der Waals surface area (Å²) in [4.78, 5) is 42.6. The Morgan fingerprint density at radius 3 is 2.61 bits per heavy atom. The van der Waals surface area contributed by atoms with Gasteiger partial charge in [0, 0.05) is 58.2 Å². The zero-order valence-corrected chi connectivity index (χ0v) is 22.1.